The highest BCUT2D eigenvalue weighted by atomic mass is 16.5. The summed E-state index contributed by atoms with van der Waals surface area (Å²) >= 11 is 0. The molecular weight excluding hydrogens is 250 g/mol. The van der Waals surface area contributed by atoms with Gasteiger partial charge >= 0.3 is 0 Å². The van der Waals surface area contributed by atoms with E-state index in [0.717, 1.165) is 30.3 Å². The van der Waals surface area contributed by atoms with Gasteiger partial charge < -0.3 is 9.30 Å². The van der Waals surface area contributed by atoms with Gasteiger partial charge in [0.2, 0.25) is 0 Å². The van der Waals surface area contributed by atoms with Gasteiger partial charge in [-0.05, 0) is 37.5 Å². The van der Waals surface area contributed by atoms with Crippen LogP contribution in [-0.2, 0) is 13.0 Å². The maximum absolute atomic E-state index is 12.5. The Hall–Kier alpha value is -2.25. The number of nitrogens with zero attached hydrogens (tertiary/aromatic N) is 1. The standard InChI is InChI=1S/C17H17NO2/c1-3-4-11-20-16-12(2)17(19)18-10-6-8-13-7-5-9-14(16)15(13)18/h4-5,7,9H,1,6,8,10-11H2,2H3. The van der Waals surface area contributed by atoms with Gasteiger partial charge in [0.25, 0.3) is 5.56 Å². The van der Waals surface area contributed by atoms with Gasteiger partial charge in [0.15, 0.2) is 0 Å². The van der Waals surface area contributed by atoms with E-state index in [9.17, 15) is 4.79 Å². The van der Waals surface area contributed by atoms with E-state index in [0.29, 0.717) is 17.9 Å². The van der Waals surface area contributed by atoms with Crippen LogP contribution in [0.4, 0.5) is 0 Å². The van der Waals surface area contributed by atoms with Crippen LogP contribution in [0.5, 0.6) is 5.75 Å². The molecule has 1 aliphatic rings. The lowest BCUT2D eigenvalue weighted by atomic mass is 9.99. The summed E-state index contributed by atoms with van der Waals surface area (Å²) in [4.78, 5) is 12.5. The second-order valence-electron chi connectivity index (χ2n) is 5.05. The van der Waals surface area contributed by atoms with Crippen molar-refractivity contribution < 1.29 is 4.74 Å². The summed E-state index contributed by atoms with van der Waals surface area (Å²) in [5, 5.41) is 1.02. The fourth-order valence-electron chi connectivity index (χ4n) is 2.91. The average molecular weight is 267 g/mol. The number of para-hydroxylation sites is 1. The van der Waals surface area contributed by atoms with Gasteiger partial charge in [0.1, 0.15) is 12.4 Å². The fraction of sp³-hybridized carbons (Fsp3) is 0.294. The van der Waals surface area contributed by atoms with Crippen LogP contribution in [0.1, 0.15) is 17.5 Å². The van der Waals surface area contributed by atoms with Crippen molar-refractivity contribution in [3.05, 3.63) is 58.1 Å². The van der Waals surface area contributed by atoms with Crippen molar-refractivity contribution in [2.24, 2.45) is 0 Å². The minimum Gasteiger partial charge on any atom is -0.488 e. The third kappa shape index (κ3) is 1.87. The first kappa shape index (κ1) is 12.8. The van der Waals surface area contributed by atoms with Crippen LogP contribution in [-0.4, -0.2) is 11.2 Å². The van der Waals surface area contributed by atoms with Crippen LogP contribution in [0.3, 0.4) is 0 Å². The number of aryl methyl sites for hydroxylation is 2. The summed E-state index contributed by atoms with van der Waals surface area (Å²) in [5.41, 5.74) is 5.68. The van der Waals surface area contributed by atoms with E-state index < -0.39 is 0 Å². The largest absolute Gasteiger partial charge is 0.488 e. The minimum absolute atomic E-state index is 0.0576. The Morgan fingerprint density at radius 1 is 1.50 bits per heavy atom. The summed E-state index contributed by atoms with van der Waals surface area (Å²) in [6, 6.07) is 6.16. The Morgan fingerprint density at radius 3 is 3.15 bits per heavy atom. The molecule has 0 aliphatic carbocycles. The third-order valence-corrected chi connectivity index (χ3v) is 3.82. The van der Waals surface area contributed by atoms with Gasteiger partial charge in [-0.3, -0.25) is 4.79 Å². The Labute approximate surface area is 117 Å². The zero-order chi connectivity index (χ0) is 14.1. The van der Waals surface area contributed by atoms with Gasteiger partial charge in [0, 0.05) is 11.9 Å². The summed E-state index contributed by atoms with van der Waals surface area (Å²) in [6.07, 6.45) is 3.75. The third-order valence-electron chi connectivity index (χ3n) is 3.82. The Balaban J connectivity index is 2.30. The molecule has 0 fully saturated rings. The monoisotopic (exact) mass is 267 g/mol. The van der Waals surface area contributed by atoms with Crippen LogP contribution in [0.15, 0.2) is 41.4 Å². The van der Waals surface area contributed by atoms with Crippen LogP contribution >= 0.6 is 0 Å². The molecule has 0 radical (unpaired) electrons. The summed E-state index contributed by atoms with van der Waals surface area (Å²) in [5.74, 6) is 0.691. The van der Waals surface area contributed by atoms with Crippen molar-refractivity contribution in [3.8, 4) is 5.75 Å². The minimum atomic E-state index is 0.0576. The van der Waals surface area contributed by atoms with Gasteiger partial charge in [-0.25, -0.2) is 0 Å². The van der Waals surface area contributed by atoms with Gasteiger partial charge in [0.05, 0.1) is 11.1 Å². The number of pyridine rings is 1. The molecule has 0 bridgehead atoms. The molecule has 2 aromatic rings. The number of hydrogen-bond donors (Lipinski definition) is 0. The molecule has 2 heterocycles. The fourth-order valence-corrected chi connectivity index (χ4v) is 2.91. The summed E-state index contributed by atoms with van der Waals surface area (Å²) < 4.78 is 7.67. The van der Waals surface area contributed by atoms with E-state index in [1.807, 2.05) is 23.6 Å². The lowest BCUT2D eigenvalue weighted by Gasteiger charge is -2.22. The second kappa shape index (κ2) is 5.03. The molecule has 3 heteroatoms. The van der Waals surface area contributed by atoms with Crippen molar-refractivity contribution in [2.45, 2.75) is 26.3 Å². The maximum Gasteiger partial charge on any atom is 0.257 e. The molecule has 1 aliphatic heterocycles. The first-order valence-electron chi connectivity index (χ1n) is 6.86. The smallest absolute Gasteiger partial charge is 0.257 e. The molecule has 0 atom stereocenters. The first-order chi connectivity index (χ1) is 9.74. The van der Waals surface area contributed by atoms with Gasteiger partial charge in [-0.15, -0.1) is 5.73 Å². The SMILES string of the molecule is C=C=CCOc1c(C)c(=O)n2c3c(cccc13)CCC2. The van der Waals surface area contributed by atoms with Gasteiger partial charge in [-0.1, -0.05) is 18.7 Å². The summed E-state index contributed by atoms with van der Waals surface area (Å²) in [6.45, 7) is 6.53. The van der Waals surface area contributed by atoms with Crippen molar-refractivity contribution >= 4 is 10.9 Å². The predicted octanol–water partition coefficient (Wildman–Crippen LogP) is 2.98. The molecule has 3 rings (SSSR count). The number of hydrogen-bond acceptors (Lipinski definition) is 2. The molecular formula is C17H17NO2. The zero-order valence-corrected chi connectivity index (χ0v) is 11.6. The molecule has 0 unspecified atom stereocenters. The van der Waals surface area contributed by atoms with Crippen molar-refractivity contribution in [2.75, 3.05) is 6.61 Å². The van der Waals surface area contributed by atoms with E-state index in [1.165, 1.54) is 5.56 Å². The van der Waals surface area contributed by atoms with E-state index in [1.54, 1.807) is 6.08 Å². The van der Waals surface area contributed by atoms with Crippen molar-refractivity contribution in [3.63, 3.8) is 0 Å². The van der Waals surface area contributed by atoms with Crippen LogP contribution in [0, 0.1) is 6.92 Å². The number of ether oxygens (including phenoxy) is 1. The molecule has 20 heavy (non-hydrogen) atoms. The normalized spacial score (nSPS) is 13.1. The maximum atomic E-state index is 12.5. The molecule has 1 aromatic heterocycles. The van der Waals surface area contributed by atoms with E-state index in [4.69, 9.17) is 4.74 Å². The van der Waals surface area contributed by atoms with E-state index >= 15 is 0 Å². The Morgan fingerprint density at radius 2 is 2.35 bits per heavy atom. The zero-order valence-electron chi connectivity index (χ0n) is 11.6. The molecule has 0 spiro atoms. The van der Waals surface area contributed by atoms with Crippen LogP contribution in [0.2, 0.25) is 0 Å². The Kier molecular flexibility index (Phi) is 3.21. The van der Waals surface area contributed by atoms with E-state index in [2.05, 4.69) is 18.4 Å². The van der Waals surface area contributed by atoms with E-state index in [-0.39, 0.29) is 5.56 Å². The molecule has 1 aromatic carbocycles. The second-order valence-corrected chi connectivity index (χ2v) is 5.05. The molecule has 3 nitrogen and oxygen atoms in total. The highest BCUT2D eigenvalue weighted by molar-refractivity contribution is 5.89. The topological polar surface area (TPSA) is 31.2 Å². The molecule has 0 amide bonds. The predicted molar refractivity (Wildman–Crippen MR) is 80.5 cm³/mol. The quantitative estimate of drug-likeness (QED) is 0.801. The number of aromatic nitrogens is 1. The molecule has 0 saturated carbocycles. The molecule has 0 N–H and O–H groups in total. The van der Waals surface area contributed by atoms with Crippen LogP contribution < -0.4 is 10.3 Å². The molecule has 102 valence electrons. The lowest BCUT2D eigenvalue weighted by molar-refractivity contribution is 0.363. The summed E-state index contributed by atoms with van der Waals surface area (Å²) in [7, 11) is 0. The average Bonchev–Trinajstić information content (AvgIpc) is 2.48. The van der Waals surface area contributed by atoms with Gasteiger partial charge in [-0.2, -0.15) is 0 Å². The van der Waals surface area contributed by atoms with Crippen molar-refractivity contribution in [1.82, 2.24) is 4.57 Å². The Bertz CT molecular complexity index is 780. The number of rotatable bonds is 3. The number of benzene rings is 1. The van der Waals surface area contributed by atoms with Crippen molar-refractivity contribution in [1.29, 1.82) is 0 Å². The highest BCUT2D eigenvalue weighted by Gasteiger charge is 2.19. The first-order valence-corrected chi connectivity index (χ1v) is 6.86. The van der Waals surface area contributed by atoms with Crippen LogP contribution in [0.25, 0.3) is 10.9 Å². The molecule has 0 saturated heterocycles. The lowest BCUT2D eigenvalue weighted by Crippen LogP contribution is -2.27. The highest BCUT2D eigenvalue weighted by Crippen LogP contribution is 2.32.